The number of nitrogens with zero attached hydrogens (tertiary/aromatic N) is 1. The molecule has 6 heteroatoms. The number of carbonyl (C=O) groups excluding carboxylic acids is 2. The molecule has 2 amide bonds. The molecule has 0 spiro atoms. The van der Waals surface area contributed by atoms with Crippen LogP contribution in [-0.4, -0.2) is 29.9 Å². The molecule has 0 fully saturated rings. The summed E-state index contributed by atoms with van der Waals surface area (Å²) in [5, 5.41) is 5.32. The van der Waals surface area contributed by atoms with Crippen LogP contribution in [0.5, 0.6) is 0 Å². The number of rotatable bonds is 4. The molecule has 0 aliphatic heterocycles. The number of hydrogen-bond donors (Lipinski definition) is 3. The van der Waals surface area contributed by atoms with Gasteiger partial charge in [0, 0.05) is 7.05 Å². The van der Waals surface area contributed by atoms with Gasteiger partial charge in [0.25, 0.3) is 5.91 Å². The molecule has 0 aliphatic rings. The number of nitrogens with one attached hydrogen (secondary N) is 2. The minimum absolute atomic E-state index is 0.243. The van der Waals surface area contributed by atoms with E-state index in [1.54, 1.807) is 19.2 Å². The number of nitrogens with two attached hydrogens (primary N) is 1. The third kappa shape index (κ3) is 2.94. The minimum Gasteiger partial charge on any atom is -0.387 e. The first-order valence-electron chi connectivity index (χ1n) is 4.78. The zero-order valence-electron chi connectivity index (χ0n) is 9.15. The van der Waals surface area contributed by atoms with Gasteiger partial charge in [-0.15, -0.1) is 0 Å². The van der Waals surface area contributed by atoms with E-state index in [0.29, 0.717) is 0 Å². The Morgan fingerprint density at radius 2 is 2.12 bits per heavy atom. The van der Waals surface area contributed by atoms with Crippen LogP contribution in [0, 0.1) is 0 Å². The molecule has 16 heavy (non-hydrogen) atoms. The summed E-state index contributed by atoms with van der Waals surface area (Å²) in [5.74, 6) is -1.01. The summed E-state index contributed by atoms with van der Waals surface area (Å²) < 4.78 is 0. The van der Waals surface area contributed by atoms with E-state index in [1.807, 2.05) is 0 Å². The molecule has 0 saturated carbocycles. The van der Waals surface area contributed by atoms with E-state index >= 15 is 0 Å². The Bertz CT molecular complexity index is 388. The zero-order valence-corrected chi connectivity index (χ0v) is 9.15. The van der Waals surface area contributed by atoms with Crippen LogP contribution in [0.25, 0.3) is 0 Å². The van der Waals surface area contributed by atoms with E-state index in [0.717, 1.165) is 5.69 Å². The number of aromatic nitrogens is 1. The Balaban J connectivity index is 2.69. The topological polar surface area (TPSA) is 97.1 Å². The molecule has 1 aromatic heterocycles. The highest BCUT2D eigenvalue weighted by atomic mass is 16.2. The summed E-state index contributed by atoms with van der Waals surface area (Å²) in [5.41, 5.74) is 6.07. The Labute approximate surface area is 93.2 Å². The second-order valence-electron chi connectivity index (χ2n) is 3.28. The van der Waals surface area contributed by atoms with Gasteiger partial charge in [-0.3, -0.25) is 9.59 Å². The fraction of sp³-hybridized carbons (Fsp3) is 0.300. The van der Waals surface area contributed by atoms with Crippen molar-refractivity contribution in [2.24, 2.45) is 5.73 Å². The summed E-state index contributed by atoms with van der Waals surface area (Å²) in [4.78, 5) is 26.2. The average molecular weight is 222 g/mol. The van der Waals surface area contributed by atoms with Crippen LogP contribution in [0.1, 0.15) is 17.4 Å². The van der Waals surface area contributed by atoms with Gasteiger partial charge in [-0.2, -0.15) is 0 Å². The maximum Gasteiger partial charge on any atom is 0.270 e. The van der Waals surface area contributed by atoms with Crippen LogP contribution in [0.15, 0.2) is 18.3 Å². The largest absolute Gasteiger partial charge is 0.387 e. The molecule has 1 atom stereocenters. The molecule has 1 unspecified atom stereocenters. The van der Waals surface area contributed by atoms with Gasteiger partial charge < -0.3 is 16.4 Å². The molecule has 0 bridgehead atoms. The SMILES string of the molecule is CNc1ccc(C(=O)NC(C)C(N)=O)nc1. The molecule has 1 aromatic rings. The van der Waals surface area contributed by atoms with E-state index in [9.17, 15) is 9.59 Å². The highest BCUT2D eigenvalue weighted by Gasteiger charge is 2.14. The monoisotopic (exact) mass is 222 g/mol. The lowest BCUT2D eigenvalue weighted by Crippen LogP contribution is -2.42. The van der Waals surface area contributed by atoms with E-state index in [4.69, 9.17) is 5.73 Å². The smallest absolute Gasteiger partial charge is 0.270 e. The zero-order chi connectivity index (χ0) is 12.1. The van der Waals surface area contributed by atoms with Crippen molar-refractivity contribution in [1.82, 2.24) is 10.3 Å². The first-order chi connectivity index (χ1) is 7.54. The van der Waals surface area contributed by atoms with Gasteiger partial charge >= 0.3 is 0 Å². The van der Waals surface area contributed by atoms with Gasteiger partial charge in [0.05, 0.1) is 11.9 Å². The molecule has 1 heterocycles. The number of amides is 2. The van der Waals surface area contributed by atoms with Crippen molar-refractivity contribution >= 4 is 17.5 Å². The van der Waals surface area contributed by atoms with Gasteiger partial charge in [0.2, 0.25) is 5.91 Å². The minimum atomic E-state index is -0.710. The second-order valence-corrected chi connectivity index (χ2v) is 3.28. The van der Waals surface area contributed by atoms with E-state index in [-0.39, 0.29) is 5.69 Å². The van der Waals surface area contributed by atoms with Crippen molar-refractivity contribution in [3.05, 3.63) is 24.0 Å². The molecular weight excluding hydrogens is 208 g/mol. The average Bonchev–Trinajstić information content (AvgIpc) is 2.28. The molecule has 86 valence electrons. The van der Waals surface area contributed by atoms with Crippen LogP contribution in [0.2, 0.25) is 0 Å². The van der Waals surface area contributed by atoms with Gasteiger partial charge in [-0.1, -0.05) is 0 Å². The maximum absolute atomic E-state index is 11.6. The summed E-state index contributed by atoms with van der Waals surface area (Å²) in [6.45, 7) is 1.52. The Morgan fingerprint density at radius 1 is 1.44 bits per heavy atom. The van der Waals surface area contributed by atoms with Crippen molar-refractivity contribution in [3.8, 4) is 0 Å². The lowest BCUT2D eigenvalue weighted by molar-refractivity contribution is -0.119. The van der Waals surface area contributed by atoms with Crippen molar-refractivity contribution in [3.63, 3.8) is 0 Å². The van der Waals surface area contributed by atoms with Gasteiger partial charge in [-0.05, 0) is 19.1 Å². The summed E-state index contributed by atoms with van der Waals surface area (Å²) >= 11 is 0. The molecule has 6 nitrogen and oxygen atoms in total. The van der Waals surface area contributed by atoms with Gasteiger partial charge in [-0.25, -0.2) is 4.98 Å². The van der Waals surface area contributed by atoms with Crippen LogP contribution in [-0.2, 0) is 4.79 Å². The summed E-state index contributed by atoms with van der Waals surface area (Å²) in [7, 11) is 1.76. The maximum atomic E-state index is 11.6. The third-order valence-corrected chi connectivity index (χ3v) is 2.06. The quantitative estimate of drug-likeness (QED) is 0.653. The number of carbonyl (C=O) groups is 2. The summed E-state index contributed by atoms with van der Waals surface area (Å²) in [6, 6.07) is 2.57. The number of pyridine rings is 1. The van der Waals surface area contributed by atoms with Crippen LogP contribution in [0.3, 0.4) is 0 Å². The first kappa shape index (κ1) is 12.0. The third-order valence-electron chi connectivity index (χ3n) is 2.06. The van der Waals surface area contributed by atoms with Gasteiger partial charge in [0.15, 0.2) is 0 Å². The first-order valence-corrected chi connectivity index (χ1v) is 4.78. The normalized spacial score (nSPS) is 11.6. The number of anilines is 1. The van der Waals surface area contributed by atoms with Crippen molar-refractivity contribution in [1.29, 1.82) is 0 Å². The predicted octanol–water partition coefficient (Wildman–Crippen LogP) is -0.273. The molecule has 0 saturated heterocycles. The summed E-state index contributed by atoms with van der Waals surface area (Å²) in [6.07, 6.45) is 1.53. The van der Waals surface area contributed by atoms with Crippen molar-refractivity contribution in [2.75, 3.05) is 12.4 Å². The van der Waals surface area contributed by atoms with Crippen LogP contribution >= 0.6 is 0 Å². The Morgan fingerprint density at radius 3 is 2.56 bits per heavy atom. The Kier molecular flexibility index (Phi) is 3.82. The lowest BCUT2D eigenvalue weighted by Gasteiger charge is -2.09. The van der Waals surface area contributed by atoms with E-state index < -0.39 is 17.9 Å². The highest BCUT2D eigenvalue weighted by Crippen LogP contribution is 2.04. The molecule has 1 rings (SSSR count). The molecule has 0 radical (unpaired) electrons. The van der Waals surface area contributed by atoms with Crippen LogP contribution < -0.4 is 16.4 Å². The standard InChI is InChI=1S/C10H14N4O2/c1-6(9(11)15)14-10(16)8-4-3-7(12-2)5-13-8/h3-6,12H,1-2H3,(H2,11,15)(H,14,16). The highest BCUT2D eigenvalue weighted by molar-refractivity contribution is 5.95. The van der Waals surface area contributed by atoms with E-state index in [1.165, 1.54) is 13.1 Å². The number of primary amides is 1. The van der Waals surface area contributed by atoms with Gasteiger partial charge in [0.1, 0.15) is 11.7 Å². The molecular formula is C10H14N4O2. The van der Waals surface area contributed by atoms with E-state index in [2.05, 4.69) is 15.6 Å². The molecule has 0 aromatic carbocycles. The van der Waals surface area contributed by atoms with Crippen molar-refractivity contribution < 1.29 is 9.59 Å². The second kappa shape index (κ2) is 5.11. The van der Waals surface area contributed by atoms with Crippen LogP contribution in [0.4, 0.5) is 5.69 Å². The lowest BCUT2D eigenvalue weighted by atomic mass is 10.2. The fourth-order valence-electron chi connectivity index (χ4n) is 1.02. The fourth-order valence-corrected chi connectivity index (χ4v) is 1.02. The molecule has 0 aliphatic carbocycles. The van der Waals surface area contributed by atoms with Crippen molar-refractivity contribution in [2.45, 2.75) is 13.0 Å². The predicted molar refractivity (Wildman–Crippen MR) is 59.9 cm³/mol. The Hall–Kier alpha value is -2.11. The molecule has 4 N–H and O–H groups in total. The number of hydrogen-bond acceptors (Lipinski definition) is 4.